The van der Waals surface area contributed by atoms with Crippen LogP contribution >= 0.6 is 0 Å². The molecule has 0 radical (unpaired) electrons. The predicted octanol–water partition coefficient (Wildman–Crippen LogP) is 16.1. The molecule has 4 aromatic carbocycles. The summed E-state index contributed by atoms with van der Waals surface area (Å²) in [5.74, 6) is 1.65. The summed E-state index contributed by atoms with van der Waals surface area (Å²) in [5.41, 5.74) is 22.7. The monoisotopic (exact) mass is 755 g/mol. The number of hydrogen-bond acceptors (Lipinski definition) is 2. The largest absolute Gasteiger partial charge is 0.399 e. The van der Waals surface area contributed by atoms with Gasteiger partial charge in [0.25, 0.3) is 0 Å². The molecule has 0 amide bonds. The Kier molecular flexibility index (Phi) is 18.4. The van der Waals surface area contributed by atoms with Crippen molar-refractivity contribution in [2.24, 2.45) is 5.92 Å². The smallest absolute Gasteiger partial charge is 0.0314 e. The first-order chi connectivity index (χ1) is 27.5. The van der Waals surface area contributed by atoms with E-state index in [1.165, 1.54) is 181 Å². The molecule has 2 heteroatoms. The summed E-state index contributed by atoms with van der Waals surface area (Å²) in [7, 11) is 0. The fourth-order valence-electron chi connectivity index (χ4n) is 9.86. The van der Waals surface area contributed by atoms with Crippen molar-refractivity contribution in [3.8, 4) is 0 Å². The molecule has 5 rings (SSSR count). The number of rotatable bonds is 25. The van der Waals surface area contributed by atoms with E-state index in [-0.39, 0.29) is 5.41 Å². The average molecular weight is 755 g/mol. The van der Waals surface area contributed by atoms with Crippen molar-refractivity contribution in [1.82, 2.24) is 0 Å². The average Bonchev–Trinajstić information content (AvgIpc) is 3.24. The summed E-state index contributed by atoms with van der Waals surface area (Å²) in [5, 5.41) is 0. The van der Waals surface area contributed by atoms with Gasteiger partial charge in [0.15, 0.2) is 0 Å². The second kappa shape index (κ2) is 23.6. The van der Waals surface area contributed by atoms with Crippen LogP contribution in [0.15, 0.2) is 97.1 Å². The molecule has 0 heterocycles. The minimum Gasteiger partial charge on any atom is -0.399 e. The molecule has 4 N–H and O–H groups in total. The standard InChI is InChI=1S/C54H78N2/c1-4-7-9-11-13-15-17-19-21-52(46-27-35-50(55)36-28-46)44-23-31-48(32-24-44)54(41-39-43(6-3)40-42-54)49-33-25-45(26-34-49)53(47-29-37-51(56)38-30-47)22-20-18-16-14-12-10-8-5-2/h23-38,43,52-53H,4-22,39-42,55-56H2,1-3H3. The van der Waals surface area contributed by atoms with E-state index in [4.69, 9.17) is 11.5 Å². The highest BCUT2D eigenvalue weighted by molar-refractivity contribution is 5.47. The van der Waals surface area contributed by atoms with Crippen LogP contribution in [0.1, 0.15) is 214 Å². The fourth-order valence-corrected chi connectivity index (χ4v) is 9.86. The van der Waals surface area contributed by atoms with Gasteiger partial charge in [0.05, 0.1) is 0 Å². The number of anilines is 2. The molecule has 0 bridgehead atoms. The molecule has 0 aromatic heterocycles. The lowest BCUT2D eigenvalue weighted by atomic mass is 9.62. The molecule has 0 spiro atoms. The summed E-state index contributed by atoms with van der Waals surface area (Å²) in [6.45, 7) is 6.99. The van der Waals surface area contributed by atoms with Crippen molar-refractivity contribution in [1.29, 1.82) is 0 Å². The molecule has 1 fully saturated rings. The van der Waals surface area contributed by atoms with Gasteiger partial charge in [-0.2, -0.15) is 0 Å². The van der Waals surface area contributed by atoms with Crippen LogP contribution in [0.2, 0.25) is 0 Å². The van der Waals surface area contributed by atoms with Gasteiger partial charge < -0.3 is 11.5 Å². The van der Waals surface area contributed by atoms with E-state index in [2.05, 4.69) is 118 Å². The number of nitrogens with two attached hydrogens (primary N) is 2. The summed E-state index contributed by atoms with van der Waals surface area (Å²) < 4.78 is 0. The van der Waals surface area contributed by atoms with Crippen molar-refractivity contribution in [3.05, 3.63) is 130 Å². The third kappa shape index (κ3) is 12.7. The Morgan fingerprint density at radius 2 is 0.732 bits per heavy atom. The number of unbranched alkanes of at least 4 members (excludes halogenated alkanes) is 14. The van der Waals surface area contributed by atoms with E-state index in [0.29, 0.717) is 11.8 Å². The molecule has 2 nitrogen and oxygen atoms in total. The molecule has 1 aliphatic rings. The van der Waals surface area contributed by atoms with Crippen LogP contribution in [0.5, 0.6) is 0 Å². The van der Waals surface area contributed by atoms with E-state index < -0.39 is 0 Å². The molecular weight excluding hydrogens is 677 g/mol. The van der Waals surface area contributed by atoms with Crippen LogP contribution in [-0.2, 0) is 5.41 Å². The lowest BCUT2D eigenvalue weighted by Crippen LogP contribution is -2.33. The number of benzene rings is 4. The highest BCUT2D eigenvalue weighted by atomic mass is 14.5. The van der Waals surface area contributed by atoms with E-state index in [1.807, 2.05) is 0 Å². The Labute approximate surface area is 343 Å². The SMILES string of the molecule is CCCCCCCCCCC(c1ccc(N)cc1)c1ccc(C2(c3ccc(C(CCCCCCCCCC)c4ccc(N)cc4)cc3)CCC(CC)CC2)cc1. The third-order valence-electron chi connectivity index (χ3n) is 13.6. The van der Waals surface area contributed by atoms with Gasteiger partial charge in [-0.1, -0.05) is 203 Å². The Morgan fingerprint density at radius 1 is 0.429 bits per heavy atom. The van der Waals surface area contributed by atoms with Crippen LogP contribution in [0.4, 0.5) is 11.4 Å². The third-order valence-corrected chi connectivity index (χ3v) is 13.6. The summed E-state index contributed by atoms with van der Waals surface area (Å²) in [4.78, 5) is 0. The molecule has 0 aliphatic heterocycles. The van der Waals surface area contributed by atoms with Gasteiger partial charge in [0, 0.05) is 28.6 Å². The highest BCUT2D eigenvalue weighted by Gasteiger charge is 2.38. The van der Waals surface area contributed by atoms with Gasteiger partial charge in [0.2, 0.25) is 0 Å². The summed E-state index contributed by atoms with van der Waals surface area (Å²) >= 11 is 0. The molecule has 2 unspecified atom stereocenters. The van der Waals surface area contributed by atoms with E-state index in [1.54, 1.807) is 0 Å². The van der Waals surface area contributed by atoms with Crippen LogP contribution in [-0.4, -0.2) is 0 Å². The minimum atomic E-state index is 0.0612. The molecule has 1 aliphatic carbocycles. The fraction of sp³-hybridized carbons (Fsp3) is 0.556. The highest BCUT2D eigenvalue weighted by Crippen LogP contribution is 2.48. The molecule has 1 saturated carbocycles. The summed E-state index contributed by atoms with van der Waals surface area (Å²) in [6, 6.07) is 37.3. The number of nitrogen functional groups attached to an aromatic ring is 2. The second-order valence-corrected chi connectivity index (χ2v) is 17.6. The second-order valence-electron chi connectivity index (χ2n) is 17.6. The maximum Gasteiger partial charge on any atom is 0.0314 e. The van der Waals surface area contributed by atoms with Gasteiger partial charge >= 0.3 is 0 Å². The van der Waals surface area contributed by atoms with Gasteiger partial charge in [0.1, 0.15) is 0 Å². The number of hydrogen-bond donors (Lipinski definition) is 2. The van der Waals surface area contributed by atoms with Crippen molar-refractivity contribution in [2.75, 3.05) is 11.5 Å². The topological polar surface area (TPSA) is 52.0 Å². The van der Waals surface area contributed by atoms with Crippen molar-refractivity contribution < 1.29 is 0 Å². The van der Waals surface area contributed by atoms with Crippen LogP contribution in [0.25, 0.3) is 0 Å². The molecule has 4 aromatic rings. The Morgan fingerprint density at radius 3 is 1.05 bits per heavy atom. The Hall–Kier alpha value is -3.52. The molecule has 56 heavy (non-hydrogen) atoms. The van der Waals surface area contributed by atoms with Crippen molar-refractivity contribution >= 4 is 11.4 Å². The quantitative estimate of drug-likeness (QED) is 0.0523. The van der Waals surface area contributed by atoms with Crippen molar-refractivity contribution in [2.45, 2.75) is 186 Å². The van der Waals surface area contributed by atoms with Gasteiger partial charge in [-0.3, -0.25) is 0 Å². The normalized spacial score (nSPS) is 18.2. The van der Waals surface area contributed by atoms with Gasteiger partial charge in [-0.15, -0.1) is 0 Å². The zero-order valence-electron chi connectivity index (χ0n) is 35.9. The first-order valence-corrected chi connectivity index (χ1v) is 23.4. The molecule has 0 saturated heterocycles. The van der Waals surface area contributed by atoms with Crippen molar-refractivity contribution in [3.63, 3.8) is 0 Å². The van der Waals surface area contributed by atoms with E-state index >= 15 is 0 Å². The predicted molar refractivity (Wildman–Crippen MR) is 246 cm³/mol. The molecule has 304 valence electrons. The Bertz CT molecular complexity index is 1500. The lowest BCUT2D eigenvalue weighted by Gasteiger charge is -2.41. The van der Waals surface area contributed by atoms with Crippen LogP contribution < -0.4 is 11.5 Å². The molecule has 2 atom stereocenters. The first-order valence-electron chi connectivity index (χ1n) is 23.4. The van der Waals surface area contributed by atoms with E-state index in [0.717, 1.165) is 17.3 Å². The Balaban J connectivity index is 1.34. The minimum absolute atomic E-state index is 0.0612. The van der Waals surface area contributed by atoms with E-state index in [9.17, 15) is 0 Å². The first kappa shape index (κ1) is 43.6. The lowest BCUT2D eigenvalue weighted by molar-refractivity contribution is 0.260. The zero-order valence-corrected chi connectivity index (χ0v) is 35.9. The van der Waals surface area contributed by atoms with Crippen LogP contribution in [0, 0.1) is 5.92 Å². The molecular formula is C54H78N2. The maximum atomic E-state index is 6.15. The summed E-state index contributed by atoms with van der Waals surface area (Å²) in [6.07, 6.45) is 30.4. The zero-order chi connectivity index (χ0) is 39.4. The maximum absolute atomic E-state index is 6.15. The van der Waals surface area contributed by atoms with Gasteiger partial charge in [-0.25, -0.2) is 0 Å². The van der Waals surface area contributed by atoms with Gasteiger partial charge in [-0.05, 0) is 102 Å². The van der Waals surface area contributed by atoms with Crippen LogP contribution in [0.3, 0.4) is 0 Å².